The molecule has 1 aromatic carbocycles. The number of amides is 1. The normalized spacial score (nSPS) is 14.0. The Balaban J connectivity index is 1.96. The minimum Gasteiger partial charge on any atom is -0.462 e. The van der Waals surface area contributed by atoms with Crippen molar-refractivity contribution in [3.05, 3.63) is 51.7 Å². The second-order valence-electron chi connectivity index (χ2n) is 5.85. The number of benzene rings is 1. The summed E-state index contributed by atoms with van der Waals surface area (Å²) in [5.41, 5.74) is 1.27. The summed E-state index contributed by atoms with van der Waals surface area (Å²) in [5, 5.41) is 3.12. The van der Waals surface area contributed by atoms with E-state index in [2.05, 4.69) is 10.2 Å². The summed E-state index contributed by atoms with van der Waals surface area (Å²) < 4.78 is 19.0. The number of rotatable bonds is 4. The minimum absolute atomic E-state index is 0.0548. The summed E-state index contributed by atoms with van der Waals surface area (Å²) in [6, 6.07) is 5.76. The van der Waals surface area contributed by atoms with Crippen LogP contribution in [-0.2, 0) is 17.7 Å². The van der Waals surface area contributed by atoms with E-state index >= 15 is 0 Å². The molecule has 2 aromatic rings. The number of nitrogens with one attached hydrogen (secondary N) is 1. The lowest BCUT2D eigenvalue weighted by Crippen LogP contribution is -2.26. The van der Waals surface area contributed by atoms with Gasteiger partial charge in [0.25, 0.3) is 5.91 Å². The van der Waals surface area contributed by atoms with Gasteiger partial charge in [-0.25, -0.2) is 9.18 Å². The maximum atomic E-state index is 13.8. The predicted octanol–water partition coefficient (Wildman–Crippen LogP) is 3.30. The van der Waals surface area contributed by atoms with Crippen LogP contribution in [0.3, 0.4) is 0 Å². The fourth-order valence-corrected chi connectivity index (χ4v) is 4.17. The van der Waals surface area contributed by atoms with Gasteiger partial charge in [0.05, 0.1) is 17.7 Å². The summed E-state index contributed by atoms with van der Waals surface area (Å²) in [6.45, 7) is 3.53. The number of thiophene rings is 1. The quantitative estimate of drug-likeness (QED) is 0.848. The number of hydrogen-bond donors (Lipinski definition) is 1. The lowest BCUT2D eigenvalue weighted by atomic mass is 10.0. The molecule has 0 spiro atoms. The third-order valence-electron chi connectivity index (χ3n) is 4.07. The van der Waals surface area contributed by atoms with Crippen LogP contribution in [0, 0.1) is 5.82 Å². The molecule has 0 saturated carbocycles. The molecule has 7 heteroatoms. The Morgan fingerprint density at radius 1 is 1.36 bits per heavy atom. The molecule has 0 radical (unpaired) electrons. The van der Waals surface area contributed by atoms with Crippen molar-refractivity contribution in [3.8, 4) is 0 Å². The Bertz CT molecular complexity index is 819. The van der Waals surface area contributed by atoms with Crippen molar-refractivity contribution in [1.82, 2.24) is 4.90 Å². The van der Waals surface area contributed by atoms with Gasteiger partial charge >= 0.3 is 5.97 Å². The first kappa shape index (κ1) is 17.6. The zero-order chi connectivity index (χ0) is 18.0. The zero-order valence-electron chi connectivity index (χ0n) is 14.1. The largest absolute Gasteiger partial charge is 0.462 e. The SMILES string of the molecule is CCOC(=O)c1c(NC(=O)c2ccccc2F)sc2c1CCN(C)C2. The molecule has 0 unspecified atom stereocenters. The van der Waals surface area contributed by atoms with Gasteiger partial charge in [-0.3, -0.25) is 4.79 Å². The van der Waals surface area contributed by atoms with Crippen LogP contribution >= 0.6 is 11.3 Å². The summed E-state index contributed by atoms with van der Waals surface area (Å²) in [7, 11) is 2.00. The molecule has 0 bridgehead atoms. The van der Waals surface area contributed by atoms with Crippen molar-refractivity contribution in [2.75, 3.05) is 25.5 Å². The van der Waals surface area contributed by atoms with Gasteiger partial charge in [0.2, 0.25) is 0 Å². The van der Waals surface area contributed by atoms with E-state index in [9.17, 15) is 14.0 Å². The maximum Gasteiger partial charge on any atom is 0.341 e. The van der Waals surface area contributed by atoms with Crippen molar-refractivity contribution < 1.29 is 18.7 Å². The number of nitrogens with zero attached hydrogens (tertiary/aromatic N) is 1. The van der Waals surface area contributed by atoms with Gasteiger partial charge < -0.3 is 15.0 Å². The maximum absolute atomic E-state index is 13.8. The Labute approximate surface area is 149 Å². The van der Waals surface area contributed by atoms with Crippen molar-refractivity contribution >= 4 is 28.2 Å². The van der Waals surface area contributed by atoms with Gasteiger partial charge in [-0.1, -0.05) is 12.1 Å². The van der Waals surface area contributed by atoms with Crippen molar-refractivity contribution in [1.29, 1.82) is 0 Å². The Morgan fingerprint density at radius 3 is 2.84 bits per heavy atom. The third-order valence-corrected chi connectivity index (χ3v) is 5.21. The number of esters is 1. The number of likely N-dealkylation sites (N-methyl/N-ethyl adjacent to an activating group) is 1. The van der Waals surface area contributed by atoms with Gasteiger partial charge in [0.15, 0.2) is 0 Å². The van der Waals surface area contributed by atoms with Crippen LogP contribution in [0.25, 0.3) is 0 Å². The molecule has 25 heavy (non-hydrogen) atoms. The van der Waals surface area contributed by atoms with E-state index in [1.165, 1.54) is 29.5 Å². The highest BCUT2D eigenvalue weighted by molar-refractivity contribution is 7.17. The topological polar surface area (TPSA) is 58.6 Å². The Kier molecular flexibility index (Phi) is 5.15. The van der Waals surface area contributed by atoms with Gasteiger partial charge in [0.1, 0.15) is 10.8 Å². The van der Waals surface area contributed by atoms with E-state index in [0.29, 0.717) is 23.5 Å². The third kappa shape index (κ3) is 3.57. The van der Waals surface area contributed by atoms with Crippen molar-refractivity contribution in [2.45, 2.75) is 19.9 Å². The van der Waals surface area contributed by atoms with Gasteiger partial charge in [-0.15, -0.1) is 11.3 Å². The van der Waals surface area contributed by atoms with Crippen LogP contribution in [0.1, 0.15) is 38.1 Å². The molecule has 3 rings (SSSR count). The number of fused-ring (bicyclic) bond motifs is 1. The second-order valence-corrected chi connectivity index (χ2v) is 6.96. The first-order chi connectivity index (χ1) is 12.0. The average Bonchev–Trinajstić information content (AvgIpc) is 2.92. The van der Waals surface area contributed by atoms with Crippen molar-refractivity contribution in [3.63, 3.8) is 0 Å². The van der Waals surface area contributed by atoms with E-state index in [1.54, 1.807) is 13.0 Å². The molecule has 0 fully saturated rings. The van der Waals surface area contributed by atoms with Gasteiger partial charge in [0, 0.05) is 18.0 Å². The predicted molar refractivity (Wildman–Crippen MR) is 94.7 cm³/mol. The van der Waals surface area contributed by atoms with E-state index in [4.69, 9.17) is 4.74 Å². The number of hydrogen-bond acceptors (Lipinski definition) is 5. The molecular weight excluding hydrogens is 343 g/mol. The van der Waals surface area contributed by atoms with E-state index in [1.807, 2.05) is 7.05 Å². The van der Waals surface area contributed by atoms with Gasteiger partial charge in [-0.05, 0) is 38.1 Å². The first-order valence-corrected chi connectivity index (χ1v) is 8.89. The molecule has 1 N–H and O–H groups in total. The standard InChI is InChI=1S/C18H19FN2O3S/c1-3-24-18(23)15-12-8-9-21(2)10-14(12)25-17(15)20-16(22)11-6-4-5-7-13(11)19/h4-7H,3,8-10H2,1-2H3,(H,20,22). The molecule has 1 aliphatic heterocycles. The summed E-state index contributed by atoms with van der Waals surface area (Å²) in [5.74, 6) is -1.62. The average molecular weight is 362 g/mol. The smallest absolute Gasteiger partial charge is 0.341 e. The highest BCUT2D eigenvalue weighted by Gasteiger charge is 2.29. The Morgan fingerprint density at radius 2 is 2.12 bits per heavy atom. The lowest BCUT2D eigenvalue weighted by molar-refractivity contribution is 0.0526. The Hall–Kier alpha value is -2.25. The zero-order valence-corrected chi connectivity index (χ0v) is 14.9. The molecule has 0 saturated heterocycles. The molecule has 1 aliphatic rings. The number of halogens is 1. The van der Waals surface area contributed by atoms with Crippen LogP contribution in [0.2, 0.25) is 0 Å². The van der Waals surface area contributed by atoms with E-state index < -0.39 is 17.7 Å². The molecule has 0 aliphatic carbocycles. The molecular formula is C18H19FN2O3S. The monoisotopic (exact) mass is 362 g/mol. The van der Waals surface area contributed by atoms with E-state index in [-0.39, 0.29) is 12.2 Å². The van der Waals surface area contributed by atoms with Crippen LogP contribution in [0.5, 0.6) is 0 Å². The summed E-state index contributed by atoms with van der Waals surface area (Å²) in [4.78, 5) is 28.0. The molecule has 5 nitrogen and oxygen atoms in total. The summed E-state index contributed by atoms with van der Waals surface area (Å²) >= 11 is 1.35. The summed E-state index contributed by atoms with van der Waals surface area (Å²) in [6.07, 6.45) is 0.714. The molecule has 1 aromatic heterocycles. The van der Waals surface area contributed by atoms with Gasteiger partial charge in [-0.2, -0.15) is 0 Å². The highest BCUT2D eigenvalue weighted by atomic mass is 32.1. The number of carbonyl (C=O) groups excluding carboxylic acids is 2. The fraction of sp³-hybridized carbons (Fsp3) is 0.333. The van der Waals surface area contributed by atoms with E-state index in [0.717, 1.165) is 17.0 Å². The molecule has 1 amide bonds. The van der Waals surface area contributed by atoms with Crippen LogP contribution in [0.15, 0.2) is 24.3 Å². The van der Waals surface area contributed by atoms with Crippen LogP contribution in [-0.4, -0.2) is 37.0 Å². The lowest BCUT2D eigenvalue weighted by Gasteiger charge is -2.22. The highest BCUT2D eigenvalue weighted by Crippen LogP contribution is 2.37. The minimum atomic E-state index is -0.598. The van der Waals surface area contributed by atoms with Crippen molar-refractivity contribution in [2.24, 2.45) is 0 Å². The number of anilines is 1. The number of carbonyl (C=O) groups is 2. The molecule has 2 heterocycles. The number of ether oxygens (including phenoxy) is 1. The second kappa shape index (κ2) is 7.33. The van der Waals surface area contributed by atoms with Crippen LogP contribution in [0.4, 0.5) is 9.39 Å². The molecule has 0 atom stereocenters. The van der Waals surface area contributed by atoms with Crippen LogP contribution < -0.4 is 5.32 Å². The molecule has 132 valence electrons. The first-order valence-electron chi connectivity index (χ1n) is 8.07. The fourth-order valence-electron chi connectivity index (χ4n) is 2.85.